The average Bonchev–Trinajstić information content (AvgIpc) is 2.51. The smallest absolute Gasteiger partial charge is 0.307 e. The maximum absolute atomic E-state index is 11.6. The first-order valence-electron chi connectivity index (χ1n) is 8.84. The molecule has 132 valence electrons. The summed E-state index contributed by atoms with van der Waals surface area (Å²) < 4.78 is 5.59. The van der Waals surface area contributed by atoms with Crippen LogP contribution in [0.5, 0.6) is 0 Å². The fourth-order valence-electron chi connectivity index (χ4n) is 3.45. The van der Waals surface area contributed by atoms with Crippen LogP contribution < -0.4 is 5.32 Å². The zero-order valence-corrected chi connectivity index (χ0v) is 15.6. The number of nitrogens with one attached hydrogen (secondary N) is 1. The number of aliphatic imine (C=N–C) groups is 1. The highest BCUT2D eigenvalue weighted by Crippen LogP contribution is 2.42. The van der Waals surface area contributed by atoms with E-state index in [1.807, 2.05) is 20.9 Å². The van der Waals surface area contributed by atoms with Gasteiger partial charge in [0.05, 0.1) is 12.5 Å². The van der Waals surface area contributed by atoms with Crippen molar-refractivity contribution in [2.24, 2.45) is 4.99 Å². The van der Waals surface area contributed by atoms with E-state index in [-0.39, 0.29) is 12.1 Å². The summed E-state index contributed by atoms with van der Waals surface area (Å²) in [5, 5.41) is 3.33. The zero-order chi connectivity index (χ0) is 16.7. The number of ether oxygens (including phenoxy) is 1. The molecule has 23 heavy (non-hydrogen) atoms. The topological polar surface area (TPSA) is 53.9 Å². The van der Waals surface area contributed by atoms with Crippen molar-refractivity contribution in [3.8, 4) is 0 Å². The van der Waals surface area contributed by atoms with Crippen LogP contribution in [0, 0.1) is 0 Å². The van der Waals surface area contributed by atoms with Gasteiger partial charge >= 0.3 is 5.97 Å². The molecule has 2 rings (SSSR count). The van der Waals surface area contributed by atoms with E-state index in [2.05, 4.69) is 27.0 Å². The Morgan fingerprint density at radius 3 is 2.74 bits per heavy atom. The molecule has 0 aromatic rings. The lowest BCUT2D eigenvalue weighted by molar-refractivity contribution is -0.147. The van der Waals surface area contributed by atoms with Crippen LogP contribution in [-0.2, 0) is 9.53 Å². The monoisotopic (exact) mass is 341 g/mol. The SMILES string of the molecule is CN=C(NCCC(=O)OC(C)C)N1CCSC2(CCCCC2)C1. The number of carbonyl (C=O) groups is 1. The molecule has 2 aliphatic rings. The normalized spacial score (nSPS) is 21.6. The van der Waals surface area contributed by atoms with Crippen LogP contribution >= 0.6 is 11.8 Å². The highest BCUT2D eigenvalue weighted by atomic mass is 32.2. The lowest BCUT2D eigenvalue weighted by Gasteiger charge is -2.45. The molecule has 1 saturated heterocycles. The molecule has 5 nitrogen and oxygen atoms in total. The minimum Gasteiger partial charge on any atom is -0.463 e. The van der Waals surface area contributed by atoms with E-state index in [0.29, 0.717) is 17.7 Å². The lowest BCUT2D eigenvalue weighted by Crippen LogP contribution is -2.53. The van der Waals surface area contributed by atoms with Gasteiger partial charge in [0.15, 0.2) is 5.96 Å². The molecule has 0 radical (unpaired) electrons. The van der Waals surface area contributed by atoms with Gasteiger partial charge in [0.25, 0.3) is 0 Å². The summed E-state index contributed by atoms with van der Waals surface area (Å²) in [6, 6.07) is 0. The molecular formula is C17H31N3O2S. The van der Waals surface area contributed by atoms with Crippen molar-refractivity contribution in [3.05, 3.63) is 0 Å². The van der Waals surface area contributed by atoms with Gasteiger partial charge < -0.3 is 15.0 Å². The second-order valence-corrected chi connectivity index (χ2v) is 8.34. The van der Waals surface area contributed by atoms with E-state index in [9.17, 15) is 4.79 Å². The number of hydrogen-bond acceptors (Lipinski definition) is 4. The van der Waals surface area contributed by atoms with Crippen molar-refractivity contribution >= 4 is 23.7 Å². The minimum atomic E-state index is -0.152. The first-order chi connectivity index (χ1) is 11.0. The molecule has 1 N–H and O–H groups in total. The highest BCUT2D eigenvalue weighted by Gasteiger charge is 2.38. The molecule has 1 heterocycles. The van der Waals surface area contributed by atoms with Crippen LogP contribution in [-0.4, -0.2) is 60.1 Å². The molecule has 1 spiro atoms. The van der Waals surface area contributed by atoms with E-state index in [1.165, 1.54) is 32.1 Å². The molecule has 0 amide bonds. The third kappa shape index (κ3) is 5.59. The van der Waals surface area contributed by atoms with E-state index in [4.69, 9.17) is 4.74 Å². The number of thioether (sulfide) groups is 1. The summed E-state index contributed by atoms with van der Waals surface area (Å²) in [6.07, 6.45) is 7.07. The summed E-state index contributed by atoms with van der Waals surface area (Å²) in [5.74, 6) is 1.93. The van der Waals surface area contributed by atoms with E-state index < -0.39 is 0 Å². The first kappa shape index (κ1) is 18.4. The van der Waals surface area contributed by atoms with Crippen molar-refractivity contribution in [1.29, 1.82) is 0 Å². The predicted molar refractivity (Wildman–Crippen MR) is 97.1 cm³/mol. The second kappa shape index (κ2) is 8.81. The van der Waals surface area contributed by atoms with Crippen molar-refractivity contribution in [1.82, 2.24) is 10.2 Å². The first-order valence-corrected chi connectivity index (χ1v) is 9.82. The minimum absolute atomic E-state index is 0.0490. The average molecular weight is 342 g/mol. The molecule has 2 fully saturated rings. The van der Waals surface area contributed by atoms with Crippen molar-refractivity contribution in [2.75, 3.05) is 32.4 Å². The quantitative estimate of drug-likeness (QED) is 0.484. The molecule has 1 aliphatic heterocycles. The number of guanidine groups is 1. The standard InChI is InChI=1S/C17H31N3O2S/c1-14(2)22-15(21)7-10-19-16(18-3)20-11-12-23-17(13-20)8-5-4-6-9-17/h14H,4-13H2,1-3H3,(H,18,19). The molecule has 0 atom stereocenters. The van der Waals surface area contributed by atoms with Gasteiger partial charge in [-0.3, -0.25) is 9.79 Å². The molecule has 0 bridgehead atoms. The third-order valence-corrected chi connectivity index (χ3v) is 6.04. The van der Waals surface area contributed by atoms with Gasteiger partial charge in [0.1, 0.15) is 0 Å². The van der Waals surface area contributed by atoms with Gasteiger partial charge in [0, 0.05) is 37.2 Å². The zero-order valence-electron chi connectivity index (χ0n) is 14.8. The maximum atomic E-state index is 11.6. The van der Waals surface area contributed by atoms with Crippen molar-refractivity contribution in [2.45, 2.75) is 63.2 Å². The summed E-state index contributed by atoms with van der Waals surface area (Å²) in [6.45, 7) is 6.43. The Bertz CT molecular complexity index is 415. The van der Waals surface area contributed by atoms with Crippen LogP contribution in [0.3, 0.4) is 0 Å². The number of hydrogen-bond donors (Lipinski definition) is 1. The Kier molecular flexibility index (Phi) is 7.06. The largest absolute Gasteiger partial charge is 0.463 e. The van der Waals surface area contributed by atoms with Crippen LogP contribution in [0.1, 0.15) is 52.4 Å². The Morgan fingerprint density at radius 1 is 1.35 bits per heavy atom. The van der Waals surface area contributed by atoms with Crippen LogP contribution in [0.15, 0.2) is 4.99 Å². The summed E-state index contributed by atoms with van der Waals surface area (Å²) >= 11 is 2.16. The molecule has 6 heteroatoms. The summed E-state index contributed by atoms with van der Waals surface area (Å²) in [4.78, 5) is 18.4. The molecule has 0 aromatic carbocycles. The Balaban J connectivity index is 1.82. The van der Waals surface area contributed by atoms with Gasteiger partial charge in [0.2, 0.25) is 0 Å². The number of esters is 1. The van der Waals surface area contributed by atoms with Gasteiger partial charge in [-0.1, -0.05) is 19.3 Å². The molecule has 0 aromatic heterocycles. The fourth-order valence-corrected chi connectivity index (χ4v) is 5.02. The van der Waals surface area contributed by atoms with Gasteiger partial charge in [-0.2, -0.15) is 11.8 Å². The predicted octanol–water partition coefficient (Wildman–Crippen LogP) is 2.66. The van der Waals surface area contributed by atoms with E-state index in [0.717, 1.165) is 24.8 Å². The third-order valence-electron chi connectivity index (χ3n) is 4.50. The highest BCUT2D eigenvalue weighted by molar-refractivity contribution is 8.00. The fraction of sp³-hybridized carbons (Fsp3) is 0.882. The molecule has 0 unspecified atom stereocenters. The van der Waals surface area contributed by atoms with Crippen molar-refractivity contribution in [3.63, 3.8) is 0 Å². The summed E-state index contributed by atoms with van der Waals surface area (Å²) in [5.41, 5.74) is 0. The van der Waals surface area contributed by atoms with Crippen LogP contribution in [0.2, 0.25) is 0 Å². The lowest BCUT2D eigenvalue weighted by atomic mass is 9.87. The van der Waals surface area contributed by atoms with E-state index >= 15 is 0 Å². The van der Waals surface area contributed by atoms with Gasteiger partial charge in [-0.15, -0.1) is 0 Å². The summed E-state index contributed by atoms with van der Waals surface area (Å²) in [7, 11) is 1.82. The van der Waals surface area contributed by atoms with E-state index in [1.54, 1.807) is 0 Å². The Labute approximate surface area is 144 Å². The molecular weight excluding hydrogens is 310 g/mol. The molecule has 1 saturated carbocycles. The number of carbonyl (C=O) groups excluding carboxylic acids is 1. The van der Waals surface area contributed by atoms with Crippen LogP contribution in [0.4, 0.5) is 0 Å². The number of rotatable bonds is 4. The van der Waals surface area contributed by atoms with Crippen molar-refractivity contribution < 1.29 is 9.53 Å². The van der Waals surface area contributed by atoms with Gasteiger partial charge in [-0.25, -0.2) is 0 Å². The maximum Gasteiger partial charge on any atom is 0.307 e. The van der Waals surface area contributed by atoms with Gasteiger partial charge in [-0.05, 0) is 26.7 Å². The molecule has 1 aliphatic carbocycles. The number of nitrogens with zero attached hydrogens (tertiary/aromatic N) is 2. The second-order valence-electron chi connectivity index (χ2n) is 6.78. The Hall–Kier alpha value is -0.910. The van der Waals surface area contributed by atoms with Crippen LogP contribution in [0.25, 0.3) is 0 Å². The Morgan fingerprint density at radius 2 is 2.09 bits per heavy atom.